The molecule has 0 aliphatic rings. The molecule has 0 aliphatic heterocycles. The third-order valence-electron chi connectivity index (χ3n) is 2.99. The Morgan fingerprint density at radius 1 is 1.25 bits per heavy atom. The Hall–Kier alpha value is -0.540. The molecule has 2 unspecified atom stereocenters. The number of rotatable bonds is 9. The summed E-state index contributed by atoms with van der Waals surface area (Å²) >= 11 is 0. The number of nitrogens with zero attached hydrogens (tertiary/aromatic N) is 1. The molecule has 3 heteroatoms. The van der Waals surface area contributed by atoms with E-state index in [9.17, 15) is 0 Å². The lowest BCUT2D eigenvalue weighted by Crippen LogP contribution is -2.38. The van der Waals surface area contributed by atoms with Crippen LogP contribution in [0.5, 0.6) is 0 Å². The van der Waals surface area contributed by atoms with Crippen molar-refractivity contribution in [1.29, 1.82) is 0 Å². The van der Waals surface area contributed by atoms with Crippen molar-refractivity contribution in [2.45, 2.75) is 52.2 Å². The molecule has 0 aliphatic carbocycles. The van der Waals surface area contributed by atoms with Gasteiger partial charge in [0.15, 0.2) is 0 Å². The van der Waals surface area contributed by atoms with E-state index in [4.69, 9.17) is 0 Å². The Morgan fingerprint density at radius 3 is 2.50 bits per heavy atom. The monoisotopic (exact) mass is 227 g/mol. The molecule has 0 aromatic rings. The minimum atomic E-state index is 0.415. The van der Waals surface area contributed by atoms with Crippen molar-refractivity contribution in [3.05, 3.63) is 12.3 Å². The van der Waals surface area contributed by atoms with Gasteiger partial charge < -0.3 is 10.2 Å². The summed E-state index contributed by atoms with van der Waals surface area (Å²) in [6, 6.07) is 0.642. The molecule has 0 saturated heterocycles. The minimum Gasteiger partial charge on any atom is -0.366 e. The standard InChI is InChI=1S/C13H29N3/c1-6-11-16(5)13(3)15-10-8-7-9-12(2)14-4/h6,11-15H,7-10H2,1-5H3/b11-6-. The summed E-state index contributed by atoms with van der Waals surface area (Å²) in [5.41, 5.74) is 0. The molecule has 2 atom stereocenters. The second kappa shape index (κ2) is 9.67. The highest BCUT2D eigenvalue weighted by Crippen LogP contribution is 2.00. The Morgan fingerprint density at radius 2 is 1.94 bits per heavy atom. The predicted molar refractivity (Wildman–Crippen MR) is 72.4 cm³/mol. The van der Waals surface area contributed by atoms with Crippen LogP contribution in [0.1, 0.15) is 40.0 Å². The van der Waals surface area contributed by atoms with Crippen LogP contribution in [0, 0.1) is 0 Å². The van der Waals surface area contributed by atoms with Crippen molar-refractivity contribution in [1.82, 2.24) is 15.5 Å². The lowest BCUT2D eigenvalue weighted by atomic mass is 10.1. The van der Waals surface area contributed by atoms with E-state index in [0.717, 1.165) is 6.54 Å². The maximum absolute atomic E-state index is 3.51. The zero-order chi connectivity index (χ0) is 12.4. The second-order valence-electron chi connectivity index (χ2n) is 4.46. The zero-order valence-corrected chi connectivity index (χ0v) is 11.6. The van der Waals surface area contributed by atoms with Crippen LogP contribution in [0.2, 0.25) is 0 Å². The number of hydrogen-bond acceptors (Lipinski definition) is 3. The topological polar surface area (TPSA) is 27.3 Å². The van der Waals surface area contributed by atoms with E-state index in [1.54, 1.807) is 0 Å². The molecule has 0 heterocycles. The van der Waals surface area contributed by atoms with Crippen LogP contribution >= 0.6 is 0 Å². The first-order valence-electron chi connectivity index (χ1n) is 6.37. The summed E-state index contributed by atoms with van der Waals surface area (Å²) in [4.78, 5) is 2.19. The largest absolute Gasteiger partial charge is 0.366 e. The van der Waals surface area contributed by atoms with Crippen molar-refractivity contribution in [3.63, 3.8) is 0 Å². The molecule has 0 spiro atoms. The highest BCUT2D eigenvalue weighted by atomic mass is 15.2. The van der Waals surface area contributed by atoms with Gasteiger partial charge in [0.1, 0.15) is 0 Å². The van der Waals surface area contributed by atoms with Crippen molar-refractivity contribution in [2.75, 3.05) is 20.6 Å². The smallest absolute Gasteiger partial charge is 0.0758 e. The molecule has 0 aromatic carbocycles. The molecular weight excluding hydrogens is 198 g/mol. The number of unbranched alkanes of at least 4 members (excludes halogenated alkanes) is 1. The van der Waals surface area contributed by atoms with Crippen LogP contribution in [0.25, 0.3) is 0 Å². The molecule has 3 nitrogen and oxygen atoms in total. The second-order valence-corrected chi connectivity index (χ2v) is 4.46. The van der Waals surface area contributed by atoms with E-state index in [1.807, 2.05) is 14.0 Å². The first-order chi connectivity index (χ1) is 7.61. The van der Waals surface area contributed by atoms with Gasteiger partial charge in [0.25, 0.3) is 0 Å². The van der Waals surface area contributed by atoms with Gasteiger partial charge in [-0.2, -0.15) is 0 Å². The summed E-state index contributed by atoms with van der Waals surface area (Å²) in [5, 5.41) is 6.77. The Kier molecular flexibility index (Phi) is 9.34. The summed E-state index contributed by atoms with van der Waals surface area (Å²) in [6.45, 7) is 7.56. The number of allylic oxidation sites excluding steroid dienone is 1. The lowest BCUT2D eigenvalue weighted by molar-refractivity contribution is 0.294. The summed E-state index contributed by atoms with van der Waals surface area (Å²) in [7, 11) is 4.12. The maximum Gasteiger partial charge on any atom is 0.0758 e. The van der Waals surface area contributed by atoms with Gasteiger partial charge in [-0.25, -0.2) is 0 Å². The van der Waals surface area contributed by atoms with Gasteiger partial charge in [-0.1, -0.05) is 12.5 Å². The molecule has 0 radical (unpaired) electrons. The van der Waals surface area contributed by atoms with Gasteiger partial charge in [0.2, 0.25) is 0 Å². The normalized spacial score (nSPS) is 15.3. The molecule has 96 valence electrons. The molecular formula is C13H29N3. The van der Waals surface area contributed by atoms with Crippen LogP contribution in [-0.4, -0.2) is 37.7 Å². The lowest BCUT2D eigenvalue weighted by Gasteiger charge is -2.24. The van der Waals surface area contributed by atoms with Gasteiger partial charge in [0, 0.05) is 13.1 Å². The van der Waals surface area contributed by atoms with Gasteiger partial charge >= 0.3 is 0 Å². The highest BCUT2D eigenvalue weighted by Gasteiger charge is 2.03. The molecule has 0 bridgehead atoms. The molecule has 16 heavy (non-hydrogen) atoms. The average Bonchev–Trinajstić information content (AvgIpc) is 2.28. The fraction of sp³-hybridized carbons (Fsp3) is 0.846. The van der Waals surface area contributed by atoms with Crippen LogP contribution in [0.4, 0.5) is 0 Å². The van der Waals surface area contributed by atoms with Crippen LogP contribution in [0.3, 0.4) is 0 Å². The molecule has 0 saturated carbocycles. The Labute approximate surface area is 101 Å². The molecule has 0 fully saturated rings. The molecule has 2 N–H and O–H groups in total. The summed E-state index contributed by atoms with van der Waals surface area (Å²) in [6.07, 6.45) is 8.37. The van der Waals surface area contributed by atoms with Crippen LogP contribution < -0.4 is 10.6 Å². The molecule has 0 amide bonds. The van der Waals surface area contributed by atoms with Crippen LogP contribution in [0.15, 0.2) is 12.3 Å². The van der Waals surface area contributed by atoms with Crippen molar-refractivity contribution in [2.24, 2.45) is 0 Å². The fourth-order valence-electron chi connectivity index (χ4n) is 1.54. The fourth-order valence-corrected chi connectivity index (χ4v) is 1.54. The average molecular weight is 227 g/mol. The highest BCUT2D eigenvalue weighted by molar-refractivity contribution is 4.78. The van der Waals surface area contributed by atoms with Gasteiger partial charge in [0.05, 0.1) is 6.17 Å². The Bertz CT molecular complexity index is 180. The molecule has 0 rings (SSSR count). The van der Waals surface area contributed by atoms with Gasteiger partial charge in [-0.05, 0) is 53.4 Å². The summed E-state index contributed by atoms with van der Waals surface area (Å²) in [5.74, 6) is 0. The van der Waals surface area contributed by atoms with E-state index in [2.05, 4.69) is 48.7 Å². The third kappa shape index (κ3) is 7.71. The van der Waals surface area contributed by atoms with E-state index < -0.39 is 0 Å². The first kappa shape index (κ1) is 15.5. The predicted octanol–water partition coefficient (Wildman–Crippen LogP) is 2.17. The van der Waals surface area contributed by atoms with Crippen molar-refractivity contribution >= 4 is 0 Å². The number of hydrogen-bond donors (Lipinski definition) is 2. The van der Waals surface area contributed by atoms with Gasteiger partial charge in [-0.15, -0.1) is 0 Å². The minimum absolute atomic E-state index is 0.415. The third-order valence-corrected chi connectivity index (χ3v) is 2.99. The Balaban J connectivity index is 3.44. The van der Waals surface area contributed by atoms with E-state index >= 15 is 0 Å². The van der Waals surface area contributed by atoms with E-state index in [-0.39, 0.29) is 0 Å². The van der Waals surface area contributed by atoms with E-state index in [0.29, 0.717) is 12.2 Å². The number of nitrogens with one attached hydrogen (secondary N) is 2. The van der Waals surface area contributed by atoms with Crippen molar-refractivity contribution in [3.8, 4) is 0 Å². The van der Waals surface area contributed by atoms with E-state index in [1.165, 1.54) is 19.3 Å². The summed E-state index contributed by atoms with van der Waals surface area (Å²) < 4.78 is 0. The maximum atomic E-state index is 3.51. The van der Waals surface area contributed by atoms with Crippen molar-refractivity contribution < 1.29 is 0 Å². The molecule has 0 aromatic heterocycles. The quantitative estimate of drug-likeness (QED) is 0.467. The first-order valence-corrected chi connectivity index (χ1v) is 6.37. The van der Waals surface area contributed by atoms with Crippen LogP contribution in [-0.2, 0) is 0 Å². The van der Waals surface area contributed by atoms with Gasteiger partial charge in [-0.3, -0.25) is 5.32 Å². The SMILES string of the molecule is C/C=C\N(C)C(C)NCCCCC(C)NC. The zero-order valence-electron chi connectivity index (χ0n) is 11.6.